The molecule has 0 aliphatic carbocycles. The van der Waals surface area contributed by atoms with Crippen molar-refractivity contribution < 1.29 is 9.47 Å². The van der Waals surface area contributed by atoms with Gasteiger partial charge in [-0.05, 0) is 13.8 Å². The molecule has 0 aromatic carbocycles. The van der Waals surface area contributed by atoms with Crippen LogP contribution in [0.5, 0.6) is 0 Å². The third kappa shape index (κ3) is 4.83. The minimum atomic E-state index is -0.258. The minimum Gasteiger partial charge on any atom is -0.354 e. The maximum Gasteiger partial charge on any atom is 0.171 e. The van der Waals surface area contributed by atoms with Crippen molar-refractivity contribution in [1.82, 2.24) is 5.32 Å². The first kappa shape index (κ1) is 12.4. The number of hydrogen-bond acceptors (Lipinski definition) is 4. The zero-order chi connectivity index (χ0) is 10.3. The highest BCUT2D eigenvalue weighted by atomic mass is 16.7. The van der Waals surface area contributed by atoms with Gasteiger partial charge in [-0.15, -0.1) is 0 Å². The molecule has 0 amide bonds. The Morgan fingerprint density at radius 3 is 2.23 bits per heavy atom. The molecule has 0 radical (unpaired) electrons. The number of nitriles is 1. The molecular formula is C9H18N2O2. The van der Waals surface area contributed by atoms with E-state index in [4.69, 9.17) is 14.7 Å². The summed E-state index contributed by atoms with van der Waals surface area (Å²) < 4.78 is 10.1. The molecule has 0 heterocycles. The zero-order valence-electron chi connectivity index (χ0n) is 8.70. The molecule has 0 spiro atoms. The average molecular weight is 186 g/mol. The van der Waals surface area contributed by atoms with Crippen molar-refractivity contribution in [3.05, 3.63) is 0 Å². The van der Waals surface area contributed by atoms with Gasteiger partial charge in [0.2, 0.25) is 0 Å². The number of hydrogen-bond donors (Lipinski definition) is 1. The molecule has 1 N–H and O–H groups in total. The third-order valence-electron chi connectivity index (χ3n) is 1.84. The second-order valence-electron chi connectivity index (χ2n) is 3.07. The van der Waals surface area contributed by atoms with E-state index in [0.717, 1.165) is 0 Å². The van der Waals surface area contributed by atoms with Crippen LogP contribution in [0.15, 0.2) is 0 Å². The minimum absolute atomic E-state index is 0.0109. The molecule has 0 aliphatic heterocycles. The van der Waals surface area contributed by atoms with Gasteiger partial charge in [-0.2, -0.15) is 5.26 Å². The average Bonchev–Trinajstić information content (AvgIpc) is 2.16. The molecule has 0 saturated heterocycles. The maximum atomic E-state index is 8.55. The summed E-state index contributed by atoms with van der Waals surface area (Å²) in [5.41, 5.74) is 0. The Balaban J connectivity index is 3.73. The third-order valence-corrected chi connectivity index (χ3v) is 1.84. The molecule has 13 heavy (non-hydrogen) atoms. The summed E-state index contributed by atoms with van der Waals surface area (Å²) in [5.74, 6) is 0.0109. The van der Waals surface area contributed by atoms with Gasteiger partial charge in [-0.25, -0.2) is 0 Å². The summed E-state index contributed by atoms with van der Waals surface area (Å²) in [6, 6.07) is 2.24. The van der Waals surface area contributed by atoms with Crippen LogP contribution in [0, 0.1) is 17.2 Å². The SMILES string of the molecule is COC(OC)C(C)NCC(C)C#N. The van der Waals surface area contributed by atoms with Crippen LogP contribution in [0.2, 0.25) is 0 Å². The van der Waals surface area contributed by atoms with E-state index in [0.29, 0.717) is 6.54 Å². The van der Waals surface area contributed by atoms with Crippen LogP contribution in [-0.2, 0) is 9.47 Å². The smallest absolute Gasteiger partial charge is 0.171 e. The topological polar surface area (TPSA) is 54.3 Å². The highest BCUT2D eigenvalue weighted by molar-refractivity contribution is 4.81. The Labute approximate surface area is 79.8 Å². The van der Waals surface area contributed by atoms with Crippen molar-refractivity contribution in [3.8, 4) is 6.07 Å². The Morgan fingerprint density at radius 2 is 1.85 bits per heavy atom. The van der Waals surface area contributed by atoms with Crippen molar-refractivity contribution in [3.63, 3.8) is 0 Å². The first-order valence-electron chi connectivity index (χ1n) is 4.34. The Bertz CT molecular complexity index is 163. The van der Waals surface area contributed by atoms with Crippen molar-refractivity contribution in [2.24, 2.45) is 5.92 Å². The molecule has 0 aromatic heterocycles. The summed E-state index contributed by atoms with van der Waals surface area (Å²) in [7, 11) is 3.19. The summed E-state index contributed by atoms with van der Waals surface area (Å²) in [6.45, 7) is 4.48. The largest absolute Gasteiger partial charge is 0.354 e. The summed E-state index contributed by atoms with van der Waals surface area (Å²) >= 11 is 0. The maximum absolute atomic E-state index is 8.55. The molecular weight excluding hydrogens is 168 g/mol. The van der Waals surface area contributed by atoms with Crippen LogP contribution < -0.4 is 5.32 Å². The van der Waals surface area contributed by atoms with Crippen LogP contribution in [0.3, 0.4) is 0 Å². The van der Waals surface area contributed by atoms with Crippen LogP contribution in [0.25, 0.3) is 0 Å². The summed E-state index contributed by atoms with van der Waals surface area (Å²) in [4.78, 5) is 0. The van der Waals surface area contributed by atoms with Crippen molar-refractivity contribution in [1.29, 1.82) is 5.26 Å². The molecule has 0 saturated carbocycles. The lowest BCUT2D eigenvalue weighted by Crippen LogP contribution is -2.41. The fourth-order valence-electron chi connectivity index (χ4n) is 1.01. The molecule has 0 rings (SSSR count). The van der Waals surface area contributed by atoms with Crippen LogP contribution in [-0.4, -0.2) is 33.1 Å². The number of ether oxygens (including phenoxy) is 2. The Morgan fingerprint density at radius 1 is 1.31 bits per heavy atom. The molecule has 0 bridgehead atoms. The molecule has 2 unspecified atom stereocenters. The first-order chi connectivity index (χ1) is 6.15. The lowest BCUT2D eigenvalue weighted by molar-refractivity contribution is -0.119. The predicted octanol–water partition coefficient (Wildman–Crippen LogP) is 0.743. The number of nitrogens with one attached hydrogen (secondary N) is 1. The van der Waals surface area contributed by atoms with Crippen LogP contribution in [0.1, 0.15) is 13.8 Å². The standard InChI is InChI=1S/C9H18N2O2/c1-7(5-10)6-11-8(2)9(12-3)13-4/h7-9,11H,6H2,1-4H3. The van der Waals surface area contributed by atoms with E-state index >= 15 is 0 Å². The van der Waals surface area contributed by atoms with Crippen LogP contribution >= 0.6 is 0 Å². The molecule has 0 aliphatic rings. The Hall–Kier alpha value is -0.630. The lowest BCUT2D eigenvalue weighted by atomic mass is 10.2. The second-order valence-corrected chi connectivity index (χ2v) is 3.07. The fraction of sp³-hybridized carbons (Fsp3) is 0.889. The van der Waals surface area contributed by atoms with E-state index in [1.807, 2.05) is 13.8 Å². The van der Waals surface area contributed by atoms with E-state index in [1.54, 1.807) is 14.2 Å². The van der Waals surface area contributed by atoms with E-state index < -0.39 is 0 Å². The molecule has 2 atom stereocenters. The van der Waals surface area contributed by atoms with Gasteiger partial charge in [0.05, 0.1) is 18.0 Å². The highest BCUT2D eigenvalue weighted by Crippen LogP contribution is 1.99. The van der Waals surface area contributed by atoms with Crippen molar-refractivity contribution >= 4 is 0 Å². The van der Waals surface area contributed by atoms with Crippen LogP contribution in [0.4, 0.5) is 0 Å². The van der Waals surface area contributed by atoms with Gasteiger partial charge in [-0.3, -0.25) is 0 Å². The van der Waals surface area contributed by atoms with Gasteiger partial charge in [0, 0.05) is 20.8 Å². The number of rotatable bonds is 6. The number of methoxy groups -OCH3 is 2. The normalized spacial score (nSPS) is 15.4. The number of nitrogens with zero attached hydrogens (tertiary/aromatic N) is 1. The van der Waals surface area contributed by atoms with E-state index in [2.05, 4.69) is 11.4 Å². The van der Waals surface area contributed by atoms with Gasteiger partial charge in [0.25, 0.3) is 0 Å². The Kier molecular flexibility index (Phi) is 6.51. The second kappa shape index (κ2) is 6.84. The molecule has 76 valence electrons. The van der Waals surface area contributed by atoms with E-state index in [-0.39, 0.29) is 18.2 Å². The quantitative estimate of drug-likeness (QED) is 0.622. The van der Waals surface area contributed by atoms with E-state index in [9.17, 15) is 0 Å². The van der Waals surface area contributed by atoms with Crippen molar-refractivity contribution in [2.75, 3.05) is 20.8 Å². The van der Waals surface area contributed by atoms with Gasteiger partial charge < -0.3 is 14.8 Å². The van der Waals surface area contributed by atoms with E-state index in [1.165, 1.54) is 0 Å². The lowest BCUT2D eigenvalue weighted by Gasteiger charge is -2.22. The van der Waals surface area contributed by atoms with Gasteiger partial charge in [-0.1, -0.05) is 0 Å². The molecule has 0 fully saturated rings. The zero-order valence-corrected chi connectivity index (χ0v) is 8.70. The monoisotopic (exact) mass is 186 g/mol. The first-order valence-corrected chi connectivity index (χ1v) is 4.34. The van der Waals surface area contributed by atoms with Gasteiger partial charge >= 0.3 is 0 Å². The van der Waals surface area contributed by atoms with Crippen molar-refractivity contribution in [2.45, 2.75) is 26.2 Å². The summed E-state index contributed by atoms with van der Waals surface area (Å²) in [5, 5.41) is 11.7. The summed E-state index contributed by atoms with van der Waals surface area (Å²) in [6.07, 6.45) is -0.258. The highest BCUT2D eigenvalue weighted by Gasteiger charge is 2.15. The fourth-order valence-corrected chi connectivity index (χ4v) is 1.01. The van der Waals surface area contributed by atoms with Gasteiger partial charge in [0.1, 0.15) is 0 Å². The molecule has 0 aromatic rings. The predicted molar refractivity (Wildman–Crippen MR) is 50.0 cm³/mol. The molecule has 4 heteroatoms. The molecule has 4 nitrogen and oxygen atoms in total. The van der Waals surface area contributed by atoms with Gasteiger partial charge in [0.15, 0.2) is 6.29 Å².